The maximum atomic E-state index is 13.1. The van der Waals surface area contributed by atoms with E-state index in [-0.39, 0.29) is 11.9 Å². The van der Waals surface area contributed by atoms with Gasteiger partial charge in [0.1, 0.15) is 5.82 Å². The summed E-state index contributed by atoms with van der Waals surface area (Å²) in [5.41, 5.74) is 7.00. The SMILES string of the molecule is CN(CCC(N)c1cccc(F)c1)C1CCOCC1. The van der Waals surface area contributed by atoms with E-state index >= 15 is 0 Å². The molecule has 1 aliphatic heterocycles. The van der Waals surface area contributed by atoms with E-state index in [1.165, 1.54) is 12.1 Å². The molecule has 0 aromatic heterocycles. The Balaban J connectivity index is 1.80. The van der Waals surface area contributed by atoms with Gasteiger partial charge in [-0.25, -0.2) is 4.39 Å². The number of hydrogen-bond donors (Lipinski definition) is 1. The second-order valence-corrected chi connectivity index (χ2v) is 5.27. The molecule has 0 spiro atoms. The quantitative estimate of drug-likeness (QED) is 0.889. The molecule has 1 fully saturated rings. The van der Waals surface area contributed by atoms with Crippen molar-refractivity contribution in [2.45, 2.75) is 31.3 Å². The molecular formula is C15H23FN2O. The van der Waals surface area contributed by atoms with Crippen LogP contribution in [0.5, 0.6) is 0 Å². The van der Waals surface area contributed by atoms with Crippen LogP contribution in [0, 0.1) is 5.82 Å². The standard InChI is InChI=1S/C15H23FN2O/c1-18(14-6-9-19-10-7-14)8-5-15(17)12-3-2-4-13(16)11-12/h2-4,11,14-15H,5-10,17H2,1H3. The molecular weight excluding hydrogens is 243 g/mol. The van der Waals surface area contributed by atoms with Crippen molar-refractivity contribution in [3.63, 3.8) is 0 Å². The Kier molecular flexibility index (Phi) is 5.31. The molecule has 1 aliphatic rings. The molecule has 2 rings (SSSR count). The zero-order chi connectivity index (χ0) is 13.7. The van der Waals surface area contributed by atoms with Crippen molar-refractivity contribution in [2.24, 2.45) is 5.73 Å². The lowest BCUT2D eigenvalue weighted by molar-refractivity contribution is 0.0422. The fraction of sp³-hybridized carbons (Fsp3) is 0.600. The molecule has 0 saturated carbocycles. The second-order valence-electron chi connectivity index (χ2n) is 5.27. The molecule has 1 aromatic carbocycles. The van der Waals surface area contributed by atoms with Crippen molar-refractivity contribution < 1.29 is 9.13 Å². The molecule has 1 atom stereocenters. The average molecular weight is 266 g/mol. The molecule has 1 heterocycles. The monoisotopic (exact) mass is 266 g/mol. The fourth-order valence-corrected chi connectivity index (χ4v) is 2.56. The van der Waals surface area contributed by atoms with Crippen LogP contribution in [0.15, 0.2) is 24.3 Å². The molecule has 19 heavy (non-hydrogen) atoms. The first-order valence-electron chi connectivity index (χ1n) is 6.96. The summed E-state index contributed by atoms with van der Waals surface area (Å²) in [6.07, 6.45) is 3.02. The van der Waals surface area contributed by atoms with Crippen molar-refractivity contribution in [2.75, 3.05) is 26.8 Å². The highest BCUT2D eigenvalue weighted by Gasteiger charge is 2.19. The summed E-state index contributed by atoms with van der Waals surface area (Å²) >= 11 is 0. The minimum absolute atomic E-state index is 0.0991. The van der Waals surface area contributed by atoms with Crippen molar-refractivity contribution in [1.29, 1.82) is 0 Å². The summed E-state index contributed by atoms with van der Waals surface area (Å²) in [6, 6.07) is 7.07. The molecule has 1 saturated heterocycles. The molecule has 1 unspecified atom stereocenters. The first-order chi connectivity index (χ1) is 9.16. The molecule has 3 nitrogen and oxygen atoms in total. The van der Waals surface area contributed by atoms with E-state index in [1.807, 2.05) is 6.07 Å². The largest absolute Gasteiger partial charge is 0.381 e. The molecule has 0 aliphatic carbocycles. The Labute approximate surface area is 114 Å². The third kappa shape index (κ3) is 4.27. The van der Waals surface area contributed by atoms with Gasteiger partial charge in [-0.1, -0.05) is 12.1 Å². The molecule has 0 amide bonds. The molecule has 0 bridgehead atoms. The number of hydrogen-bond acceptors (Lipinski definition) is 3. The van der Waals surface area contributed by atoms with E-state index < -0.39 is 0 Å². The number of nitrogens with zero attached hydrogens (tertiary/aromatic N) is 1. The van der Waals surface area contributed by atoms with Gasteiger partial charge in [-0.3, -0.25) is 0 Å². The van der Waals surface area contributed by atoms with Gasteiger partial charge in [-0.2, -0.15) is 0 Å². The zero-order valence-electron chi connectivity index (χ0n) is 11.5. The van der Waals surface area contributed by atoms with Gasteiger partial charge in [0.05, 0.1) is 0 Å². The summed E-state index contributed by atoms with van der Waals surface area (Å²) in [5, 5.41) is 0. The molecule has 106 valence electrons. The van der Waals surface area contributed by atoms with Gasteiger partial charge in [-0.05, 0) is 50.6 Å². The van der Waals surface area contributed by atoms with Crippen molar-refractivity contribution in [3.8, 4) is 0 Å². The third-order valence-corrected chi connectivity index (χ3v) is 3.88. The van der Waals surface area contributed by atoms with E-state index in [2.05, 4.69) is 11.9 Å². The lowest BCUT2D eigenvalue weighted by atomic mass is 10.0. The van der Waals surface area contributed by atoms with Gasteiger partial charge in [-0.15, -0.1) is 0 Å². The molecule has 2 N–H and O–H groups in total. The van der Waals surface area contributed by atoms with Crippen LogP contribution in [0.2, 0.25) is 0 Å². The van der Waals surface area contributed by atoms with Gasteiger partial charge in [0.2, 0.25) is 0 Å². The fourth-order valence-electron chi connectivity index (χ4n) is 2.56. The van der Waals surface area contributed by atoms with Crippen molar-refractivity contribution in [3.05, 3.63) is 35.6 Å². The maximum absolute atomic E-state index is 13.1. The predicted molar refractivity (Wildman–Crippen MR) is 74.4 cm³/mol. The Morgan fingerprint density at radius 1 is 1.42 bits per heavy atom. The van der Waals surface area contributed by atoms with Crippen LogP contribution in [-0.2, 0) is 4.74 Å². The number of nitrogens with two attached hydrogens (primary N) is 1. The topological polar surface area (TPSA) is 38.5 Å². The van der Waals surface area contributed by atoms with Crippen LogP contribution in [0.1, 0.15) is 30.9 Å². The minimum atomic E-state index is -0.217. The van der Waals surface area contributed by atoms with Gasteiger partial charge < -0.3 is 15.4 Å². The van der Waals surface area contributed by atoms with E-state index in [1.54, 1.807) is 6.07 Å². The highest BCUT2D eigenvalue weighted by Crippen LogP contribution is 2.18. The molecule has 4 heteroatoms. The van der Waals surface area contributed by atoms with Crippen LogP contribution in [-0.4, -0.2) is 37.7 Å². The summed E-state index contributed by atoms with van der Waals surface area (Å²) in [6.45, 7) is 2.64. The average Bonchev–Trinajstić information content (AvgIpc) is 2.45. The van der Waals surface area contributed by atoms with E-state index in [9.17, 15) is 4.39 Å². The third-order valence-electron chi connectivity index (χ3n) is 3.88. The number of rotatable bonds is 5. The van der Waals surface area contributed by atoms with Crippen LogP contribution in [0.4, 0.5) is 4.39 Å². The summed E-state index contributed by atoms with van der Waals surface area (Å²) in [4.78, 5) is 2.35. The van der Waals surface area contributed by atoms with Gasteiger partial charge >= 0.3 is 0 Å². The Morgan fingerprint density at radius 3 is 2.84 bits per heavy atom. The van der Waals surface area contributed by atoms with Crippen LogP contribution >= 0.6 is 0 Å². The molecule has 1 aromatic rings. The lowest BCUT2D eigenvalue weighted by Crippen LogP contribution is -2.38. The van der Waals surface area contributed by atoms with Crippen molar-refractivity contribution in [1.82, 2.24) is 4.90 Å². The first-order valence-corrected chi connectivity index (χ1v) is 6.96. The Morgan fingerprint density at radius 2 is 2.16 bits per heavy atom. The summed E-state index contributed by atoms with van der Waals surface area (Å²) in [5.74, 6) is -0.217. The van der Waals surface area contributed by atoms with E-state index in [4.69, 9.17) is 10.5 Å². The highest BCUT2D eigenvalue weighted by molar-refractivity contribution is 5.19. The molecule has 0 radical (unpaired) electrons. The Hall–Kier alpha value is -0.970. The number of benzene rings is 1. The van der Waals surface area contributed by atoms with E-state index in [0.717, 1.165) is 44.6 Å². The van der Waals surface area contributed by atoms with Crippen molar-refractivity contribution >= 4 is 0 Å². The lowest BCUT2D eigenvalue weighted by Gasteiger charge is -2.31. The van der Waals surface area contributed by atoms with Gasteiger partial charge in [0, 0.05) is 25.3 Å². The maximum Gasteiger partial charge on any atom is 0.123 e. The minimum Gasteiger partial charge on any atom is -0.381 e. The predicted octanol–water partition coefficient (Wildman–Crippen LogP) is 2.33. The Bertz CT molecular complexity index is 393. The van der Waals surface area contributed by atoms with Crippen LogP contribution in [0.3, 0.4) is 0 Å². The summed E-state index contributed by atoms with van der Waals surface area (Å²) in [7, 11) is 2.13. The summed E-state index contributed by atoms with van der Waals surface area (Å²) < 4.78 is 18.5. The van der Waals surface area contributed by atoms with Crippen LogP contribution in [0.25, 0.3) is 0 Å². The first kappa shape index (κ1) is 14.4. The van der Waals surface area contributed by atoms with Crippen LogP contribution < -0.4 is 5.73 Å². The smallest absolute Gasteiger partial charge is 0.123 e. The number of ether oxygens (including phenoxy) is 1. The second kappa shape index (κ2) is 6.98. The van der Waals surface area contributed by atoms with Gasteiger partial charge in [0.15, 0.2) is 0 Å². The highest BCUT2D eigenvalue weighted by atomic mass is 19.1. The zero-order valence-corrected chi connectivity index (χ0v) is 11.5. The number of halogens is 1. The van der Waals surface area contributed by atoms with E-state index in [0.29, 0.717) is 6.04 Å². The normalized spacial score (nSPS) is 18.7. The van der Waals surface area contributed by atoms with Gasteiger partial charge in [0.25, 0.3) is 0 Å².